The maximum Gasteiger partial charge on any atom is -0.0169 e. The molecule has 0 unspecified atom stereocenters. The second-order valence-electron chi connectivity index (χ2n) is 6.62. The van der Waals surface area contributed by atoms with Crippen molar-refractivity contribution in [3.63, 3.8) is 0 Å². The predicted octanol–water partition coefficient (Wildman–Crippen LogP) is 8.88. The first-order valence-corrected chi connectivity index (χ1v) is 10.7. The van der Waals surface area contributed by atoms with Gasteiger partial charge < -0.3 is 0 Å². The zero-order valence-electron chi connectivity index (χ0n) is 17.0. The van der Waals surface area contributed by atoms with E-state index in [1.165, 1.54) is 51.4 Å². The van der Waals surface area contributed by atoms with Crippen molar-refractivity contribution in [1.82, 2.24) is 0 Å². The van der Waals surface area contributed by atoms with Gasteiger partial charge >= 0.3 is 0 Å². The first-order valence-electron chi connectivity index (χ1n) is 10.7. The number of rotatable bonds is 17. The van der Waals surface area contributed by atoms with E-state index < -0.39 is 0 Å². The Morgan fingerprint density at radius 2 is 0.800 bits per heavy atom. The van der Waals surface area contributed by atoms with Gasteiger partial charge in [0.15, 0.2) is 0 Å². The van der Waals surface area contributed by atoms with Crippen LogP contribution in [0, 0.1) is 0 Å². The highest BCUT2D eigenvalue weighted by molar-refractivity contribution is 5.00. The van der Waals surface area contributed by atoms with Gasteiger partial charge in [0, 0.05) is 0 Å². The Morgan fingerprint density at radius 1 is 0.400 bits per heavy atom. The van der Waals surface area contributed by atoms with Crippen LogP contribution in [0.2, 0.25) is 0 Å². The lowest BCUT2D eigenvalue weighted by molar-refractivity contribution is 0.592. The molecule has 0 aromatic carbocycles. The molecule has 0 amide bonds. The molecular weight excluding hydrogens is 300 g/mol. The van der Waals surface area contributed by atoms with Crippen LogP contribution in [0.3, 0.4) is 0 Å². The molecule has 0 aliphatic rings. The van der Waals surface area contributed by atoms with Gasteiger partial charge in [0.1, 0.15) is 0 Å². The SMILES string of the molecule is CCC=CCC=CCC=CCC=CCC=CCCCCCCCCC. The molecule has 0 aliphatic heterocycles. The van der Waals surface area contributed by atoms with Gasteiger partial charge in [-0.05, 0) is 44.9 Å². The lowest BCUT2D eigenvalue weighted by Crippen LogP contribution is -1.78. The van der Waals surface area contributed by atoms with Crippen molar-refractivity contribution in [2.75, 3.05) is 0 Å². The Balaban J connectivity index is 3.36. The van der Waals surface area contributed by atoms with Gasteiger partial charge in [0.25, 0.3) is 0 Å². The maximum atomic E-state index is 2.35. The average molecular weight is 343 g/mol. The van der Waals surface area contributed by atoms with E-state index in [0.717, 1.165) is 32.1 Å². The largest absolute Gasteiger partial charge is 0.0885 e. The van der Waals surface area contributed by atoms with E-state index in [4.69, 9.17) is 0 Å². The zero-order chi connectivity index (χ0) is 18.3. The van der Waals surface area contributed by atoms with Crippen molar-refractivity contribution < 1.29 is 0 Å². The molecule has 0 aromatic rings. The van der Waals surface area contributed by atoms with Gasteiger partial charge in [-0.25, -0.2) is 0 Å². The van der Waals surface area contributed by atoms with E-state index in [-0.39, 0.29) is 0 Å². The monoisotopic (exact) mass is 342 g/mol. The minimum absolute atomic E-state index is 1.05. The zero-order valence-corrected chi connectivity index (χ0v) is 17.0. The van der Waals surface area contributed by atoms with E-state index in [1.807, 2.05) is 0 Å². The summed E-state index contributed by atoms with van der Waals surface area (Å²) in [5, 5.41) is 0. The Hall–Kier alpha value is -1.30. The fraction of sp³-hybridized carbons (Fsp3) is 0.600. The standard InChI is InChI=1S/C25H42/c1-3-5-7-9-11-13-15-17-19-21-23-25-24-22-20-18-16-14-12-10-8-6-4-2/h5,7,11,13,17,19-20,22-23,25H,3-4,6,8-10,12,14-16,18,21,24H2,1-2H3. The summed E-state index contributed by atoms with van der Waals surface area (Å²) in [5.41, 5.74) is 0. The predicted molar refractivity (Wildman–Crippen MR) is 117 cm³/mol. The topological polar surface area (TPSA) is 0 Å². The van der Waals surface area contributed by atoms with Crippen molar-refractivity contribution in [1.29, 1.82) is 0 Å². The second kappa shape index (κ2) is 22.7. The molecule has 0 heteroatoms. The lowest BCUT2D eigenvalue weighted by atomic mass is 10.1. The Bertz CT molecular complexity index is 379. The summed E-state index contributed by atoms with van der Waals surface area (Å²) in [6, 6.07) is 0. The molecule has 0 aliphatic carbocycles. The summed E-state index contributed by atoms with van der Waals surface area (Å²) in [6.45, 7) is 4.45. The van der Waals surface area contributed by atoms with Gasteiger partial charge in [-0.2, -0.15) is 0 Å². The van der Waals surface area contributed by atoms with Crippen LogP contribution in [0.15, 0.2) is 60.8 Å². The third-order valence-electron chi connectivity index (χ3n) is 4.13. The summed E-state index contributed by atoms with van der Waals surface area (Å²) in [5.74, 6) is 0. The van der Waals surface area contributed by atoms with Gasteiger partial charge in [0.05, 0.1) is 0 Å². The summed E-state index contributed by atoms with van der Waals surface area (Å²) < 4.78 is 0. The van der Waals surface area contributed by atoms with E-state index >= 15 is 0 Å². The maximum absolute atomic E-state index is 2.35. The van der Waals surface area contributed by atoms with Crippen molar-refractivity contribution in [3.05, 3.63) is 60.8 Å². The molecule has 0 bridgehead atoms. The highest BCUT2D eigenvalue weighted by Gasteiger charge is 1.88. The van der Waals surface area contributed by atoms with Crippen LogP contribution in [-0.2, 0) is 0 Å². The van der Waals surface area contributed by atoms with E-state index in [2.05, 4.69) is 74.6 Å². The van der Waals surface area contributed by atoms with Crippen LogP contribution in [0.5, 0.6) is 0 Å². The Morgan fingerprint density at radius 3 is 1.28 bits per heavy atom. The summed E-state index contributed by atoms with van der Waals surface area (Å²) in [4.78, 5) is 0. The fourth-order valence-corrected chi connectivity index (χ4v) is 2.59. The normalized spacial score (nSPS) is 12.9. The summed E-state index contributed by atoms with van der Waals surface area (Å²) in [7, 11) is 0. The molecule has 0 nitrogen and oxygen atoms in total. The fourth-order valence-electron chi connectivity index (χ4n) is 2.59. The van der Waals surface area contributed by atoms with Crippen molar-refractivity contribution in [2.45, 2.75) is 97.3 Å². The molecular formula is C25H42. The van der Waals surface area contributed by atoms with Crippen molar-refractivity contribution >= 4 is 0 Å². The molecule has 0 atom stereocenters. The highest BCUT2D eigenvalue weighted by atomic mass is 13.9. The van der Waals surface area contributed by atoms with Gasteiger partial charge in [-0.3, -0.25) is 0 Å². The summed E-state index contributed by atoms with van der Waals surface area (Å²) >= 11 is 0. The number of hydrogen-bond donors (Lipinski definition) is 0. The molecule has 25 heavy (non-hydrogen) atoms. The number of hydrogen-bond acceptors (Lipinski definition) is 0. The van der Waals surface area contributed by atoms with Crippen molar-refractivity contribution in [3.8, 4) is 0 Å². The summed E-state index contributed by atoms with van der Waals surface area (Å²) in [6.07, 6.45) is 39.1. The van der Waals surface area contributed by atoms with Gasteiger partial charge in [0.2, 0.25) is 0 Å². The Labute approximate surface area is 158 Å². The van der Waals surface area contributed by atoms with Gasteiger partial charge in [-0.15, -0.1) is 0 Å². The van der Waals surface area contributed by atoms with Crippen LogP contribution in [0.1, 0.15) is 97.3 Å². The molecule has 0 heterocycles. The lowest BCUT2D eigenvalue weighted by Gasteiger charge is -1.98. The molecule has 0 saturated carbocycles. The minimum Gasteiger partial charge on any atom is -0.0885 e. The van der Waals surface area contributed by atoms with Crippen LogP contribution >= 0.6 is 0 Å². The minimum atomic E-state index is 1.05. The number of unbranched alkanes of at least 4 members (excludes halogenated alkanes) is 7. The van der Waals surface area contributed by atoms with Crippen LogP contribution in [0.4, 0.5) is 0 Å². The molecule has 142 valence electrons. The molecule has 0 aromatic heterocycles. The van der Waals surface area contributed by atoms with Crippen LogP contribution in [0.25, 0.3) is 0 Å². The Kier molecular flexibility index (Phi) is 21.5. The molecule has 0 spiro atoms. The van der Waals surface area contributed by atoms with E-state index in [0.29, 0.717) is 0 Å². The molecule has 0 N–H and O–H groups in total. The molecule has 0 fully saturated rings. The third kappa shape index (κ3) is 22.7. The third-order valence-corrected chi connectivity index (χ3v) is 4.13. The van der Waals surface area contributed by atoms with Crippen LogP contribution < -0.4 is 0 Å². The number of allylic oxidation sites excluding steroid dienone is 10. The van der Waals surface area contributed by atoms with E-state index in [1.54, 1.807) is 0 Å². The van der Waals surface area contributed by atoms with Crippen LogP contribution in [-0.4, -0.2) is 0 Å². The first-order chi connectivity index (χ1) is 12.4. The second-order valence-corrected chi connectivity index (χ2v) is 6.62. The van der Waals surface area contributed by atoms with E-state index in [9.17, 15) is 0 Å². The molecule has 0 rings (SSSR count). The first kappa shape index (κ1) is 23.7. The highest BCUT2D eigenvalue weighted by Crippen LogP contribution is 2.08. The smallest absolute Gasteiger partial charge is 0.0169 e. The van der Waals surface area contributed by atoms with Crippen molar-refractivity contribution in [2.24, 2.45) is 0 Å². The molecule has 0 radical (unpaired) electrons. The average Bonchev–Trinajstić information content (AvgIpc) is 2.63. The molecule has 0 saturated heterocycles. The quantitative estimate of drug-likeness (QED) is 0.183. The van der Waals surface area contributed by atoms with Gasteiger partial charge in [-0.1, -0.05) is 113 Å².